The van der Waals surface area contributed by atoms with Crippen molar-refractivity contribution in [3.05, 3.63) is 29.3 Å². The molecule has 0 aliphatic carbocycles. The van der Waals surface area contributed by atoms with E-state index in [9.17, 15) is 18.0 Å². The van der Waals surface area contributed by atoms with Crippen molar-refractivity contribution < 1.29 is 22.7 Å². The average molecular weight is 321 g/mol. The summed E-state index contributed by atoms with van der Waals surface area (Å²) in [7, 11) is 1.47. The Hall–Kier alpha value is -1.00. The molecule has 0 aliphatic heterocycles. The zero-order valence-electron chi connectivity index (χ0n) is 9.54. The summed E-state index contributed by atoms with van der Waals surface area (Å²) in [6.45, 7) is 0.555. The Labute approximate surface area is 111 Å². The van der Waals surface area contributed by atoms with Gasteiger partial charge in [0, 0.05) is 0 Å². The summed E-state index contributed by atoms with van der Waals surface area (Å²) in [6.07, 6.45) is -4.46. The van der Waals surface area contributed by atoms with Crippen molar-refractivity contribution in [3.63, 3.8) is 0 Å². The van der Waals surface area contributed by atoms with Crippen LogP contribution in [0, 0.1) is 0 Å². The van der Waals surface area contributed by atoms with Crippen LogP contribution in [0.4, 0.5) is 13.2 Å². The van der Waals surface area contributed by atoms with Crippen molar-refractivity contribution in [3.8, 4) is 0 Å². The van der Waals surface area contributed by atoms with E-state index in [4.69, 9.17) is 4.74 Å². The van der Waals surface area contributed by atoms with Gasteiger partial charge < -0.3 is 0 Å². The molecule has 3 nitrogen and oxygen atoms in total. The number of methoxy groups -OCH3 is 1. The molecule has 0 bridgehead atoms. The van der Waals surface area contributed by atoms with Crippen molar-refractivity contribution in [2.45, 2.75) is 6.18 Å². The van der Waals surface area contributed by atoms with Gasteiger partial charge in [-0.3, -0.25) is 0 Å². The summed E-state index contributed by atoms with van der Waals surface area (Å²) in [5, 5.41) is 2.47. The molecule has 0 spiro atoms. The van der Waals surface area contributed by atoms with Crippen LogP contribution in [0.1, 0.15) is 15.9 Å². The van der Waals surface area contributed by atoms with Gasteiger partial charge in [0.25, 0.3) is 0 Å². The fraction of sp³-hybridized carbons (Fsp3) is 0.364. The van der Waals surface area contributed by atoms with Crippen LogP contribution in [-0.4, -0.2) is 43.0 Å². The Morgan fingerprint density at radius 1 is 1.39 bits per heavy atom. The van der Waals surface area contributed by atoms with E-state index in [0.717, 1.165) is 12.1 Å². The molecule has 0 aromatic heterocycles. The zero-order valence-corrected chi connectivity index (χ0v) is 11.4. The zero-order chi connectivity index (χ0) is 13.8. The molecule has 1 aromatic rings. The van der Waals surface area contributed by atoms with Crippen LogP contribution in [0.2, 0.25) is 0 Å². The molecule has 2 radical (unpaired) electrons. The number of alkyl halides is 3. The van der Waals surface area contributed by atoms with E-state index in [2.05, 4.69) is 5.32 Å². The molecule has 0 heterocycles. The summed E-state index contributed by atoms with van der Waals surface area (Å²) in [4.78, 5) is 11.6. The number of hydrogen-bond donors (Lipinski definition) is 1. The molecule has 1 N–H and O–H groups in total. The van der Waals surface area contributed by atoms with Crippen molar-refractivity contribution in [2.75, 3.05) is 20.3 Å². The maximum absolute atomic E-state index is 12.6. The monoisotopic (exact) mass is 321 g/mol. The fourth-order valence-corrected chi connectivity index (χ4v) is 1.86. The van der Waals surface area contributed by atoms with E-state index >= 15 is 0 Å². The quantitative estimate of drug-likeness (QED) is 0.660. The Morgan fingerprint density at radius 2 is 2.06 bits per heavy atom. The van der Waals surface area contributed by atoms with Crippen LogP contribution in [-0.2, 0) is 10.9 Å². The first-order valence-corrected chi connectivity index (χ1v) is 5.97. The SMILES string of the molecule is COCCNC(=O)c1cc([As])cc(C(F)(F)F)c1. The van der Waals surface area contributed by atoms with Gasteiger partial charge in [-0.15, -0.1) is 0 Å². The summed E-state index contributed by atoms with van der Waals surface area (Å²) in [6, 6.07) is 3.20. The number of carbonyl (C=O) groups is 1. The molecule has 7 heteroatoms. The standard InChI is InChI=1S/C11H11AsF3NO2/c1-18-3-2-16-10(17)7-4-8(11(13,14)15)6-9(12)5-7/h4-6H,2-3H2,1H3,(H,16,17). The predicted octanol–water partition coefficient (Wildman–Crippen LogP) is 0.875. The number of hydrogen-bond acceptors (Lipinski definition) is 2. The Balaban J connectivity index is 2.89. The number of halogens is 3. The van der Waals surface area contributed by atoms with Gasteiger partial charge in [0.15, 0.2) is 0 Å². The first-order valence-electron chi connectivity index (χ1n) is 5.03. The summed E-state index contributed by atoms with van der Waals surface area (Å²) < 4.78 is 42.7. The molecule has 0 saturated heterocycles. The van der Waals surface area contributed by atoms with Gasteiger partial charge in [0.05, 0.1) is 0 Å². The minimum atomic E-state index is -4.46. The van der Waals surface area contributed by atoms with Crippen molar-refractivity contribution in [1.82, 2.24) is 5.32 Å². The van der Waals surface area contributed by atoms with E-state index in [0.29, 0.717) is 11.0 Å². The maximum atomic E-state index is 12.6. The molecule has 1 aromatic carbocycles. The fourth-order valence-electron chi connectivity index (χ4n) is 1.27. The summed E-state index contributed by atoms with van der Waals surface area (Å²) >= 11 is 1.99. The number of benzene rings is 1. The molecule has 0 saturated carbocycles. The van der Waals surface area contributed by atoms with E-state index in [1.807, 2.05) is 16.9 Å². The molecule has 0 fully saturated rings. The molecule has 0 aliphatic rings. The van der Waals surface area contributed by atoms with E-state index in [1.165, 1.54) is 13.2 Å². The van der Waals surface area contributed by atoms with E-state index in [1.54, 1.807) is 0 Å². The van der Waals surface area contributed by atoms with Crippen LogP contribution < -0.4 is 9.67 Å². The van der Waals surface area contributed by atoms with Crippen molar-refractivity contribution >= 4 is 27.1 Å². The van der Waals surface area contributed by atoms with Crippen molar-refractivity contribution in [1.29, 1.82) is 0 Å². The third-order valence-electron chi connectivity index (χ3n) is 2.10. The molecule has 18 heavy (non-hydrogen) atoms. The summed E-state index contributed by atoms with van der Waals surface area (Å²) in [5.74, 6) is -0.551. The molecular weight excluding hydrogens is 310 g/mol. The van der Waals surface area contributed by atoms with Gasteiger partial charge in [-0.2, -0.15) is 0 Å². The Kier molecular flexibility index (Phi) is 5.23. The Morgan fingerprint density at radius 3 is 2.61 bits per heavy atom. The second-order valence-electron chi connectivity index (χ2n) is 3.52. The number of nitrogens with one attached hydrogen (secondary N) is 1. The second-order valence-corrected chi connectivity index (χ2v) is 4.60. The van der Waals surface area contributed by atoms with Crippen LogP contribution in [0.15, 0.2) is 18.2 Å². The third kappa shape index (κ3) is 4.35. The van der Waals surface area contributed by atoms with Gasteiger partial charge in [0.2, 0.25) is 0 Å². The van der Waals surface area contributed by atoms with Gasteiger partial charge in [0.1, 0.15) is 0 Å². The second kappa shape index (κ2) is 6.25. The topological polar surface area (TPSA) is 38.3 Å². The number of ether oxygens (including phenoxy) is 1. The van der Waals surface area contributed by atoms with Crippen LogP contribution in [0.5, 0.6) is 0 Å². The van der Waals surface area contributed by atoms with Gasteiger partial charge in [-0.1, -0.05) is 0 Å². The molecule has 0 atom stereocenters. The van der Waals surface area contributed by atoms with Crippen LogP contribution in [0.3, 0.4) is 0 Å². The molecule has 1 amide bonds. The van der Waals surface area contributed by atoms with E-state index in [-0.39, 0.29) is 12.1 Å². The third-order valence-corrected chi connectivity index (χ3v) is 2.64. The first-order chi connectivity index (χ1) is 8.34. The minimum absolute atomic E-state index is 0.0171. The molecule has 98 valence electrons. The van der Waals surface area contributed by atoms with Crippen molar-refractivity contribution in [2.24, 2.45) is 0 Å². The van der Waals surface area contributed by atoms with E-state index < -0.39 is 17.6 Å². The number of amides is 1. The first kappa shape index (κ1) is 15.1. The van der Waals surface area contributed by atoms with Crippen LogP contribution >= 0.6 is 0 Å². The predicted molar refractivity (Wildman–Crippen MR) is 61.0 cm³/mol. The van der Waals surface area contributed by atoms with Gasteiger partial charge in [-0.25, -0.2) is 0 Å². The number of carbonyl (C=O) groups excluding carboxylic acids is 1. The molecule has 1 rings (SSSR count). The molecular formula is C11H11AsF3NO2. The Bertz CT molecular complexity index is 435. The normalized spacial score (nSPS) is 11.4. The molecule has 0 unspecified atom stereocenters. The summed E-state index contributed by atoms with van der Waals surface area (Å²) in [5.41, 5.74) is -0.853. The van der Waals surface area contributed by atoms with Gasteiger partial charge in [-0.05, 0) is 0 Å². The number of rotatable bonds is 4. The van der Waals surface area contributed by atoms with Gasteiger partial charge >= 0.3 is 111 Å². The van der Waals surface area contributed by atoms with Crippen LogP contribution in [0.25, 0.3) is 0 Å². The average Bonchev–Trinajstić information content (AvgIpc) is 2.27.